The maximum absolute atomic E-state index is 11.5. The van der Waals surface area contributed by atoms with Crippen LogP contribution in [0.15, 0.2) is 5.38 Å². The first kappa shape index (κ1) is 13.3. The lowest BCUT2D eigenvalue weighted by atomic mass is 10.3. The van der Waals surface area contributed by atoms with Crippen molar-refractivity contribution in [2.75, 3.05) is 25.5 Å². The number of hydrogen-bond donors (Lipinski definition) is 2. The highest BCUT2D eigenvalue weighted by Gasteiger charge is 2.20. The Morgan fingerprint density at radius 1 is 1.61 bits per heavy atom. The Morgan fingerprint density at radius 3 is 3.11 bits per heavy atom. The highest BCUT2D eigenvalue weighted by Crippen LogP contribution is 2.28. The van der Waals surface area contributed by atoms with Gasteiger partial charge in [0.05, 0.1) is 12.1 Å². The van der Waals surface area contributed by atoms with Crippen molar-refractivity contribution in [1.29, 1.82) is 0 Å². The fourth-order valence-corrected chi connectivity index (χ4v) is 2.13. The third kappa shape index (κ3) is 5.01. The minimum Gasteiger partial charge on any atom is -0.381 e. The fourth-order valence-electron chi connectivity index (χ4n) is 1.57. The van der Waals surface area contributed by atoms with E-state index in [2.05, 4.69) is 10.3 Å². The third-order valence-electron chi connectivity index (χ3n) is 2.75. The molecule has 100 valence electrons. The summed E-state index contributed by atoms with van der Waals surface area (Å²) < 4.78 is 5.48. The van der Waals surface area contributed by atoms with E-state index in [4.69, 9.17) is 10.5 Å². The lowest BCUT2D eigenvalue weighted by Crippen LogP contribution is -2.27. The van der Waals surface area contributed by atoms with Crippen LogP contribution < -0.4 is 11.1 Å². The summed E-state index contributed by atoms with van der Waals surface area (Å²) in [7, 11) is 0. The molecule has 0 radical (unpaired) electrons. The SMILES string of the molecule is Nc1nc(CC(=O)NCCCOCC2CC2)cs1. The zero-order chi connectivity index (χ0) is 12.8. The van der Waals surface area contributed by atoms with Crippen LogP contribution in [-0.2, 0) is 16.0 Å². The average Bonchev–Trinajstić information content (AvgIpc) is 3.07. The molecule has 1 amide bonds. The number of anilines is 1. The number of hydrogen-bond acceptors (Lipinski definition) is 5. The monoisotopic (exact) mass is 269 g/mol. The Bertz CT molecular complexity index is 390. The van der Waals surface area contributed by atoms with E-state index in [9.17, 15) is 4.79 Å². The number of carbonyl (C=O) groups excluding carboxylic acids is 1. The maximum Gasteiger partial charge on any atom is 0.226 e. The maximum atomic E-state index is 11.5. The molecule has 2 rings (SSSR count). The van der Waals surface area contributed by atoms with Gasteiger partial charge in [-0.15, -0.1) is 11.3 Å². The molecule has 6 heteroatoms. The van der Waals surface area contributed by atoms with Crippen LogP contribution >= 0.6 is 11.3 Å². The topological polar surface area (TPSA) is 77.2 Å². The number of carbonyl (C=O) groups is 1. The summed E-state index contributed by atoms with van der Waals surface area (Å²) in [4.78, 5) is 15.6. The van der Waals surface area contributed by atoms with Crippen molar-refractivity contribution in [3.8, 4) is 0 Å². The van der Waals surface area contributed by atoms with Crippen molar-refractivity contribution in [1.82, 2.24) is 10.3 Å². The van der Waals surface area contributed by atoms with E-state index in [0.717, 1.165) is 31.2 Å². The molecule has 0 aromatic carbocycles. The van der Waals surface area contributed by atoms with Gasteiger partial charge in [0, 0.05) is 25.1 Å². The summed E-state index contributed by atoms with van der Waals surface area (Å²) in [5.41, 5.74) is 6.23. The Hall–Kier alpha value is -1.14. The van der Waals surface area contributed by atoms with Gasteiger partial charge in [0.15, 0.2) is 5.13 Å². The zero-order valence-electron chi connectivity index (χ0n) is 10.4. The number of amides is 1. The predicted molar refractivity (Wildman–Crippen MR) is 71.4 cm³/mol. The number of aromatic nitrogens is 1. The van der Waals surface area contributed by atoms with Gasteiger partial charge < -0.3 is 15.8 Å². The van der Waals surface area contributed by atoms with Gasteiger partial charge in [-0.05, 0) is 25.2 Å². The number of nitrogen functional groups attached to an aromatic ring is 1. The van der Waals surface area contributed by atoms with E-state index in [-0.39, 0.29) is 5.91 Å². The molecule has 3 N–H and O–H groups in total. The molecule has 1 fully saturated rings. The van der Waals surface area contributed by atoms with Gasteiger partial charge in [-0.25, -0.2) is 4.98 Å². The van der Waals surface area contributed by atoms with E-state index in [1.54, 1.807) is 0 Å². The summed E-state index contributed by atoms with van der Waals surface area (Å²) in [6.45, 7) is 2.26. The minimum absolute atomic E-state index is 0.0116. The second-order valence-electron chi connectivity index (χ2n) is 4.58. The molecule has 1 saturated carbocycles. The lowest BCUT2D eigenvalue weighted by molar-refractivity contribution is -0.120. The molecule has 5 nitrogen and oxygen atoms in total. The number of thiazole rings is 1. The lowest BCUT2D eigenvalue weighted by Gasteiger charge is -2.05. The van der Waals surface area contributed by atoms with Gasteiger partial charge in [-0.2, -0.15) is 0 Å². The smallest absolute Gasteiger partial charge is 0.226 e. The molecule has 18 heavy (non-hydrogen) atoms. The second kappa shape index (κ2) is 6.70. The Kier molecular flexibility index (Phi) is 4.95. The van der Waals surface area contributed by atoms with Crippen LogP contribution in [0.2, 0.25) is 0 Å². The number of nitrogens with two attached hydrogens (primary N) is 1. The first-order chi connectivity index (χ1) is 8.74. The Labute approximate surface area is 111 Å². The van der Waals surface area contributed by atoms with Crippen LogP contribution in [0.5, 0.6) is 0 Å². The molecule has 1 aliphatic carbocycles. The third-order valence-corrected chi connectivity index (χ3v) is 3.47. The molecule has 1 heterocycles. The van der Waals surface area contributed by atoms with Crippen molar-refractivity contribution in [2.24, 2.45) is 5.92 Å². The van der Waals surface area contributed by atoms with E-state index in [0.29, 0.717) is 18.1 Å². The standard InChI is InChI=1S/C12H19N3O2S/c13-12-15-10(8-18-12)6-11(16)14-4-1-5-17-7-9-2-3-9/h8-9H,1-7H2,(H2,13,15)(H,14,16). The summed E-state index contributed by atoms with van der Waals surface area (Å²) in [5, 5.41) is 5.17. The molecule has 0 spiro atoms. The first-order valence-corrected chi connectivity index (χ1v) is 7.16. The van der Waals surface area contributed by atoms with Crippen molar-refractivity contribution in [2.45, 2.75) is 25.7 Å². The molecule has 0 unspecified atom stereocenters. The van der Waals surface area contributed by atoms with Gasteiger partial charge in [0.1, 0.15) is 0 Å². The van der Waals surface area contributed by atoms with Crippen LogP contribution in [0, 0.1) is 5.92 Å². The molecular formula is C12H19N3O2S. The summed E-state index contributed by atoms with van der Waals surface area (Å²) >= 11 is 1.36. The van der Waals surface area contributed by atoms with Crippen molar-refractivity contribution >= 4 is 22.4 Å². The highest BCUT2D eigenvalue weighted by molar-refractivity contribution is 7.13. The Morgan fingerprint density at radius 2 is 2.44 bits per heavy atom. The molecule has 0 atom stereocenters. The summed E-state index contributed by atoms with van der Waals surface area (Å²) in [6, 6.07) is 0. The molecule has 1 aromatic rings. The normalized spacial score (nSPS) is 14.7. The molecule has 0 saturated heterocycles. The number of nitrogens with one attached hydrogen (secondary N) is 1. The summed E-state index contributed by atoms with van der Waals surface area (Å²) in [6.07, 6.45) is 3.79. The zero-order valence-corrected chi connectivity index (χ0v) is 11.2. The van der Waals surface area contributed by atoms with Crippen molar-refractivity contribution < 1.29 is 9.53 Å². The second-order valence-corrected chi connectivity index (χ2v) is 5.47. The predicted octanol–water partition coefficient (Wildman–Crippen LogP) is 1.20. The van der Waals surface area contributed by atoms with E-state index in [1.807, 2.05) is 5.38 Å². The number of ether oxygens (including phenoxy) is 1. The molecule has 1 aromatic heterocycles. The molecule has 1 aliphatic rings. The minimum atomic E-state index is -0.0116. The van der Waals surface area contributed by atoms with Crippen molar-refractivity contribution in [3.05, 3.63) is 11.1 Å². The van der Waals surface area contributed by atoms with Crippen LogP contribution in [0.3, 0.4) is 0 Å². The first-order valence-electron chi connectivity index (χ1n) is 6.28. The van der Waals surface area contributed by atoms with E-state index >= 15 is 0 Å². The van der Waals surface area contributed by atoms with Crippen LogP contribution in [0.1, 0.15) is 25.0 Å². The van der Waals surface area contributed by atoms with Gasteiger partial charge in [-0.3, -0.25) is 4.79 Å². The fraction of sp³-hybridized carbons (Fsp3) is 0.667. The van der Waals surface area contributed by atoms with Gasteiger partial charge in [0.25, 0.3) is 0 Å². The van der Waals surface area contributed by atoms with E-state index in [1.165, 1.54) is 24.2 Å². The highest BCUT2D eigenvalue weighted by atomic mass is 32.1. The molecule has 0 bridgehead atoms. The van der Waals surface area contributed by atoms with Gasteiger partial charge in [0.2, 0.25) is 5.91 Å². The Balaban J connectivity index is 1.48. The van der Waals surface area contributed by atoms with Crippen molar-refractivity contribution in [3.63, 3.8) is 0 Å². The quantitative estimate of drug-likeness (QED) is 0.695. The average molecular weight is 269 g/mol. The van der Waals surface area contributed by atoms with Crippen LogP contribution in [0.25, 0.3) is 0 Å². The van der Waals surface area contributed by atoms with Crippen LogP contribution in [0.4, 0.5) is 5.13 Å². The van der Waals surface area contributed by atoms with Gasteiger partial charge in [-0.1, -0.05) is 0 Å². The number of nitrogens with zero attached hydrogens (tertiary/aromatic N) is 1. The van der Waals surface area contributed by atoms with Crippen LogP contribution in [-0.4, -0.2) is 30.6 Å². The van der Waals surface area contributed by atoms with Gasteiger partial charge >= 0.3 is 0 Å². The molecule has 0 aliphatic heterocycles. The largest absolute Gasteiger partial charge is 0.381 e. The molecular weight excluding hydrogens is 250 g/mol. The van der Waals surface area contributed by atoms with E-state index < -0.39 is 0 Å². The number of rotatable bonds is 8. The summed E-state index contributed by atoms with van der Waals surface area (Å²) in [5.74, 6) is 0.789.